The van der Waals surface area contributed by atoms with E-state index in [2.05, 4.69) is 35.3 Å². The Morgan fingerprint density at radius 3 is 3.04 bits per heavy atom. The molecule has 0 spiro atoms. The minimum Gasteiger partial charge on any atom is -0.465 e. The maximum Gasteiger partial charge on any atom is 0.338 e. The third-order valence-corrected chi connectivity index (χ3v) is 5.24. The molecule has 1 atom stereocenters. The molecule has 1 unspecified atom stereocenters. The van der Waals surface area contributed by atoms with Crippen molar-refractivity contribution >= 4 is 12.0 Å². The number of ether oxygens (including phenoxy) is 1. The standard InChI is InChI=1S/C21H21NO2/c1-24-21(23)18-9-10-22-20-13-14(12-19(18)20)11-16-7-4-6-15-5-2-3-8-17(15)16/h2-3,5,8-10,13,16H,4,6-7,11-12H2,1H3. The van der Waals surface area contributed by atoms with Gasteiger partial charge < -0.3 is 4.74 Å². The molecule has 0 aliphatic heterocycles. The van der Waals surface area contributed by atoms with Crippen molar-refractivity contribution in [3.8, 4) is 0 Å². The summed E-state index contributed by atoms with van der Waals surface area (Å²) in [5, 5.41) is 0. The first-order valence-electron chi connectivity index (χ1n) is 8.59. The molecule has 0 saturated carbocycles. The third kappa shape index (κ3) is 2.64. The number of carbonyl (C=O) groups is 1. The highest BCUT2D eigenvalue weighted by Crippen LogP contribution is 2.39. The summed E-state index contributed by atoms with van der Waals surface area (Å²) in [6.07, 6.45) is 9.41. The van der Waals surface area contributed by atoms with E-state index in [0.717, 1.165) is 24.1 Å². The second-order valence-electron chi connectivity index (χ2n) is 6.69. The molecule has 1 heterocycles. The molecule has 0 fully saturated rings. The van der Waals surface area contributed by atoms with Crippen molar-refractivity contribution in [3.05, 3.63) is 70.0 Å². The molecule has 2 aliphatic rings. The lowest BCUT2D eigenvalue weighted by atomic mass is 9.79. The van der Waals surface area contributed by atoms with Crippen LogP contribution in [0.1, 0.15) is 57.9 Å². The number of aryl methyl sites for hydroxylation is 1. The minimum absolute atomic E-state index is 0.272. The van der Waals surface area contributed by atoms with Crippen LogP contribution in [0.4, 0.5) is 0 Å². The van der Waals surface area contributed by atoms with Crippen LogP contribution in [-0.2, 0) is 17.6 Å². The van der Waals surface area contributed by atoms with Crippen LogP contribution in [0.5, 0.6) is 0 Å². The van der Waals surface area contributed by atoms with Gasteiger partial charge in [-0.1, -0.05) is 29.8 Å². The van der Waals surface area contributed by atoms with E-state index in [0.29, 0.717) is 11.5 Å². The lowest BCUT2D eigenvalue weighted by molar-refractivity contribution is 0.0599. The van der Waals surface area contributed by atoms with Crippen LogP contribution in [0.15, 0.2) is 42.1 Å². The number of carbonyl (C=O) groups excluding carboxylic acids is 1. The number of aromatic nitrogens is 1. The largest absolute Gasteiger partial charge is 0.465 e. The second-order valence-corrected chi connectivity index (χ2v) is 6.69. The molecule has 0 saturated heterocycles. The van der Waals surface area contributed by atoms with Crippen LogP contribution in [0.2, 0.25) is 0 Å². The molecule has 3 heteroatoms. The van der Waals surface area contributed by atoms with E-state index < -0.39 is 0 Å². The van der Waals surface area contributed by atoms with Gasteiger partial charge in [-0.05, 0) is 66.9 Å². The quantitative estimate of drug-likeness (QED) is 0.791. The van der Waals surface area contributed by atoms with Crippen LogP contribution in [0, 0.1) is 0 Å². The Labute approximate surface area is 142 Å². The number of rotatable bonds is 3. The van der Waals surface area contributed by atoms with Crippen molar-refractivity contribution in [2.45, 2.75) is 38.0 Å². The van der Waals surface area contributed by atoms with Crippen LogP contribution in [-0.4, -0.2) is 18.1 Å². The molecule has 2 aliphatic carbocycles. The molecule has 2 aromatic rings. The summed E-state index contributed by atoms with van der Waals surface area (Å²) >= 11 is 0. The number of hydrogen-bond acceptors (Lipinski definition) is 3. The fourth-order valence-electron chi connectivity index (χ4n) is 4.11. The smallest absolute Gasteiger partial charge is 0.338 e. The summed E-state index contributed by atoms with van der Waals surface area (Å²) in [5.74, 6) is 0.309. The Bertz CT molecular complexity index is 822. The topological polar surface area (TPSA) is 39.2 Å². The van der Waals surface area contributed by atoms with E-state index in [1.807, 2.05) is 0 Å². The monoisotopic (exact) mass is 319 g/mol. The van der Waals surface area contributed by atoms with E-state index >= 15 is 0 Å². The number of pyridine rings is 1. The van der Waals surface area contributed by atoms with Gasteiger partial charge in [0, 0.05) is 6.20 Å². The molecular weight excluding hydrogens is 298 g/mol. The Balaban J connectivity index is 1.57. The Morgan fingerprint density at radius 2 is 2.17 bits per heavy atom. The van der Waals surface area contributed by atoms with Gasteiger partial charge in [-0.25, -0.2) is 4.79 Å². The maximum atomic E-state index is 12.0. The Kier molecular flexibility index (Phi) is 3.93. The van der Waals surface area contributed by atoms with E-state index in [4.69, 9.17) is 4.74 Å². The van der Waals surface area contributed by atoms with E-state index in [1.165, 1.54) is 43.1 Å². The summed E-state index contributed by atoms with van der Waals surface area (Å²) in [5.41, 5.74) is 6.97. The van der Waals surface area contributed by atoms with Crippen molar-refractivity contribution in [1.29, 1.82) is 0 Å². The normalized spacial score (nSPS) is 18.5. The molecule has 0 bridgehead atoms. The Morgan fingerprint density at radius 1 is 1.29 bits per heavy atom. The van der Waals surface area contributed by atoms with Gasteiger partial charge in [-0.15, -0.1) is 0 Å². The average Bonchev–Trinajstić information content (AvgIpc) is 3.03. The summed E-state index contributed by atoms with van der Waals surface area (Å²) < 4.78 is 4.90. The molecular formula is C21H21NO2. The van der Waals surface area contributed by atoms with Gasteiger partial charge in [0.15, 0.2) is 0 Å². The molecule has 0 amide bonds. The van der Waals surface area contributed by atoms with Gasteiger partial charge >= 0.3 is 5.97 Å². The molecule has 3 nitrogen and oxygen atoms in total. The van der Waals surface area contributed by atoms with Crippen molar-refractivity contribution in [3.63, 3.8) is 0 Å². The molecule has 122 valence electrons. The van der Waals surface area contributed by atoms with Crippen LogP contribution >= 0.6 is 0 Å². The van der Waals surface area contributed by atoms with Gasteiger partial charge in [0.1, 0.15) is 0 Å². The molecule has 4 rings (SSSR count). The molecule has 1 aromatic heterocycles. The highest BCUT2D eigenvalue weighted by molar-refractivity contribution is 5.92. The summed E-state index contributed by atoms with van der Waals surface area (Å²) in [6, 6.07) is 10.6. The number of methoxy groups -OCH3 is 1. The SMILES string of the molecule is COC(=O)c1ccnc2c1CC(CC1CCCc3ccccc31)=C2. The predicted molar refractivity (Wildman–Crippen MR) is 94.0 cm³/mol. The zero-order chi connectivity index (χ0) is 16.5. The van der Waals surface area contributed by atoms with Gasteiger partial charge in [-0.2, -0.15) is 0 Å². The van der Waals surface area contributed by atoms with Crippen LogP contribution in [0.25, 0.3) is 6.08 Å². The summed E-state index contributed by atoms with van der Waals surface area (Å²) in [7, 11) is 1.43. The minimum atomic E-state index is -0.272. The first-order chi connectivity index (χ1) is 11.8. The van der Waals surface area contributed by atoms with E-state index in [-0.39, 0.29) is 5.97 Å². The number of hydrogen-bond donors (Lipinski definition) is 0. The van der Waals surface area contributed by atoms with Gasteiger partial charge in [0.05, 0.1) is 18.4 Å². The maximum absolute atomic E-state index is 12.0. The number of allylic oxidation sites excluding steroid dienone is 1. The van der Waals surface area contributed by atoms with Gasteiger partial charge in [0.25, 0.3) is 0 Å². The van der Waals surface area contributed by atoms with Crippen molar-refractivity contribution in [2.75, 3.05) is 7.11 Å². The molecule has 1 aromatic carbocycles. The lowest BCUT2D eigenvalue weighted by Crippen LogP contribution is -2.11. The van der Waals surface area contributed by atoms with Crippen LogP contribution in [0.3, 0.4) is 0 Å². The number of nitrogens with zero attached hydrogens (tertiary/aromatic N) is 1. The molecule has 0 N–H and O–H groups in total. The van der Waals surface area contributed by atoms with Crippen molar-refractivity contribution in [2.24, 2.45) is 0 Å². The highest BCUT2D eigenvalue weighted by Gasteiger charge is 2.25. The first-order valence-corrected chi connectivity index (χ1v) is 8.59. The fraction of sp³-hybridized carbons (Fsp3) is 0.333. The zero-order valence-electron chi connectivity index (χ0n) is 13.9. The van der Waals surface area contributed by atoms with E-state index in [1.54, 1.807) is 12.3 Å². The zero-order valence-corrected chi connectivity index (χ0v) is 13.9. The van der Waals surface area contributed by atoms with E-state index in [9.17, 15) is 4.79 Å². The lowest BCUT2D eigenvalue weighted by Gasteiger charge is -2.26. The highest BCUT2D eigenvalue weighted by atomic mass is 16.5. The molecule has 24 heavy (non-hydrogen) atoms. The Hall–Kier alpha value is -2.42. The van der Waals surface area contributed by atoms with Gasteiger partial charge in [-0.3, -0.25) is 4.98 Å². The summed E-state index contributed by atoms with van der Waals surface area (Å²) in [6.45, 7) is 0. The first kappa shape index (κ1) is 15.1. The number of fused-ring (bicyclic) bond motifs is 2. The van der Waals surface area contributed by atoms with Crippen molar-refractivity contribution in [1.82, 2.24) is 4.98 Å². The number of benzene rings is 1. The van der Waals surface area contributed by atoms with Gasteiger partial charge in [0.2, 0.25) is 0 Å². The average molecular weight is 319 g/mol. The molecule has 0 radical (unpaired) electrons. The van der Waals surface area contributed by atoms with Crippen LogP contribution < -0.4 is 0 Å². The number of esters is 1. The third-order valence-electron chi connectivity index (χ3n) is 5.24. The van der Waals surface area contributed by atoms with Crippen molar-refractivity contribution < 1.29 is 9.53 Å². The summed E-state index contributed by atoms with van der Waals surface area (Å²) in [4.78, 5) is 16.4. The second kappa shape index (κ2) is 6.23. The fourth-order valence-corrected chi connectivity index (χ4v) is 4.11. The predicted octanol–water partition coefficient (Wildman–Crippen LogP) is 4.32.